The summed E-state index contributed by atoms with van der Waals surface area (Å²) >= 11 is 0. The molecule has 11 heteroatoms. The summed E-state index contributed by atoms with van der Waals surface area (Å²) in [6, 6.07) is -0.0773. The van der Waals surface area contributed by atoms with Crippen LogP contribution < -0.4 is 0 Å². The Labute approximate surface area is 313 Å². The molecule has 0 amide bonds. The molecule has 9 nitrogen and oxygen atoms in total. The molecule has 0 saturated carbocycles. The summed E-state index contributed by atoms with van der Waals surface area (Å²) < 4.78 is 43.7. The van der Waals surface area contributed by atoms with Crippen molar-refractivity contribution in [2.75, 3.05) is 26.9 Å². The molecule has 2 heterocycles. The van der Waals surface area contributed by atoms with Crippen LogP contribution in [-0.4, -0.2) is 91.7 Å². The normalized spacial score (nSPS) is 23.4. The zero-order valence-electron chi connectivity index (χ0n) is 35.0. The number of nitrogens with zero attached hydrogens (tertiary/aromatic N) is 1. The average Bonchev–Trinajstić information content (AvgIpc) is 3.63. The number of rotatable bonds is 19. The molecule has 1 saturated heterocycles. The Morgan fingerprint density at radius 3 is 2.18 bits per heavy atom. The van der Waals surface area contributed by atoms with Gasteiger partial charge in [-0.1, -0.05) is 80.2 Å². The molecule has 2 rings (SSSR count). The summed E-state index contributed by atoms with van der Waals surface area (Å²) in [6.45, 7) is 37.6. The first-order valence-corrected chi connectivity index (χ1v) is 24.7. The smallest absolute Gasteiger partial charge is 0.330 e. The van der Waals surface area contributed by atoms with Crippen molar-refractivity contribution in [1.29, 1.82) is 0 Å². The molecule has 1 fully saturated rings. The quantitative estimate of drug-likeness (QED) is 0.0558. The van der Waals surface area contributed by atoms with Gasteiger partial charge >= 0.3 is 5.97 Å². The zero-order chi connectivity index (χ0) is 39.0. The third-order valence-electron chi connectivity index (χ3n) is 11.1. The molecular formula is C40H73NO8Si2. The molecule has 2 aliphatic heterocycles. The van der Waals surface area contributed by atoms with Gasteiger partial charge in [-0.15, -0.1) is 0 Å². The lowest BCUT2D eigenvalue weighted by Crippen LogP contribution is -2.52. The van der Waals surface area contributed by atoms with Crippen LogP contribution in [0.4, 0.5) is 0 Å². The third kappa shape index (κ3) is 14.0. The van der Waals surface area contributed by atoms with E-state index in [4.69, 9.17) is 37.5 Å². The molecular weight excluding hydrogens is 679 g/mol. The van der Waals surface area contributed by atoms with Crippen LogP contribution in [-0.2, 0) is 37.3 Å². The third-order valence-corrected chi connectivity index (χ3v) is 20.0. The highest BCUT2D eigenvalue weighted by atomic mass is 28.4. The number of carbonyl (C=O) groups excluding carboxylic acids is 1. The van der Waals surface area contributed by atoms with E-state index >= 15 is 0 Å². The fourth-order valence-corrected chi connectivity index (χ4v) is 8.19. The monoisotopic (exact) mass is 751 g/mol. The maximum absolute atomic E-state index is 12.2. The number of methoxy groups -OCH3 is 1. The lowest BCUT2D eigenvalue weighted by atomic mass is 9.94. The molecule has 0 spiro atoms. The van der Waals surface area contributed by atoms with Crippen molar-refractivity contribution in [3.63, 3.8) is 0 Å². The first-order valence-electron chi connectivity index (χ1n) is 18.9. The predicted octanol–water partition coefficient (Wildman–Crippen LogP) is 9.41. The van der Waals surface area contributed by atoms with Crippen molar-refractivity contribution in [3.05, 3.63) is 36.5 Å². The van der Waals surface area contributed by atoms with Crippen molar-refractivity contribution in [2.24, 2.45) is 16.8 Å². The standard InChI is InChI=1S/C40H73NO8Si2/c1-18-23-44-36(42)22-20-29(3)32(48-50(14,15)38(5,6)7)25-30(4)31-26-45-35(41-31)21-19-28(2)24-33(43-13)37(34-27-46-40(11,12)47-34)49-51(16,17)39(8,9)10/h18,20,22,25,28-29,31-34,37H,1,19,21,23-24,26-27H2,2-17H3/b22-20+,30-25+/t28-,29-,31?,32-,33-,34-,37+/m0/s1. The first-order chi connectivity index (χ1) is 23.3. The molecule has 2 aliphatic rings. The van der Waals surface area contributed by atoms with Gasteiger partial charge in [0, 0.05) is 25.5 Å². The van der Waals surface area contributed by atoms with Crippen molar-refractivity contribution < 1.29 is 37.3 Å². The van der Waals surface area contributed by atoms with E-state index in [1.54, 1.807) is 13.2 Å². The van der Waals surface area contributed by atoms with Crippen LogP contribution in [0.5, 0.6) is 0 Å². The highest BCUT2D eigenvalue weighted by Crippen LogP contribution is 2.41. The average molecular weight is 752 g/mol. The van der Waals surface area contributed by atoms with E-state index in [1.165, 1.54) is 6.08 Å². The highest BCUT2D eigenvalue weighted by molar-refractivity contribution is 6.74. The molecule has 0 radical (unpaired) electrons. The number of ether oxygens (including phenoxy) is 5. The maximum Gasteiger partial charge on any atom is 0.330 e. The lowest BCUT2D eigenvalue weighted by Gasteiger charge is -2.43. The predicted molar refractivity (Wildman–Crippen MR) is 213 cm³/mol. The second-order valence-electron chi connectivity index (χ2n) is 18.1. The van der Waals surface area contributed by atoms with Crippen LogP contribution in [0.2, 0.25) is 36.3 Å². The van der Waals surface area contributed by atoms with Crippen molar-refractivity contribution in [3.8, 4) is 0 Å². The lowest BCUT2D eigenvalue weighted by molar-refractivity contribution is -0.161. The molecule has 0 N–H and O–H groups in total. The zero-order valence-corrected chi connectivity index (χ0v) is 37.0. The summed E-state index contributed by atoms with van der Waals surface area (Å²) in [5.41, 5.74) is 1.10. The van der Waals surface area contributed by atoms with Gasteiger partial charge in [-0.25, -0.2) is 9.79 Å². The Bertz CT molecular complexity index is 1230. The minimum Gasteiger partial charge on any atom is -0.478 e. The van der Waals surface area contributed by atoms with Crippen LogP contribution >= 0.6 is 0 Å². The number of carbonyl (C=O) groups is 1. The van der Waals surface area contributed by atoms with E-state index in [2.05, 4.69) is 101 Å². The SMILES string of the molecule is C=CCOC(=O)/C=C/[C@H](C)[C@H](/C=C(\C)C1COC(CC[C@H](C)C[C@H](OC)[C@@H](O[Si](C)(C)C(C)(C)C)[C@@H]2COC(C)(C)O2)=N1)O[Si](C)(C)C(C)(C)C. The molecule has 0 aromatic rings. The number of aliphatic imine (C=N–C) groups is 1. The number of esters is 1. The van der Waals surface area contributed by atoms with Gasteiger partial charge in [0.05, 0.1) is 24.9 Å². The molecule has 1 unspecified atom stereocenters. The van der Waals surface area contributed by atoms with Gasteiger partial charge in [0.1, 0.15) is 25.4 Å². The van der Waals surface area contributed by atoms with Crippen LogP contribution in [0, 0.1) is 11.8 Å². The fourth-order valence-electron chi connectivity index (χ4n) is 5.54. The topological polar surface area (TPSA) is 94.0 Å². The van der Waals surface area contributed by atoms with Gasteiger partial charge in [-0.2, -0.15) is 0 Å². The summed E-state index contributed by atoms with van der Waals surface area (Å²) in [7, 11) is -2.47. The molecule has 51 heavy (non-hydrogen) atoms. The van der Waals surface area contributed by atoms with Crippen molar-refractivity contribution in [2.45, 2.75) is 168 Å². The Morgan fingerprint density at radius 2 is 1.65 bits per heavy atom. The minimum atomic E-state index is -2.12. The maximum atomic E-state index is 12.2. The first kappa shape index (κ1) is 45.6. The van der Waals surface area contributed by atoms with Crippen molar-refractivity contribution in [1.82, 2.24) is 0 Å². The van der Waals surface area contributed by atoms with Crippen LogP contribution in [0.1, 0.15) is 95.4 Å². The molecule has 7 atom stereocenters. The number of hydrogen-bond acceptors (Lipinski definition) is 9. The van der Waals surface area contributed by atoms with Gasteiger partial charge in [0.2, 0.25) is 0 Å². The van der Waals surface area contributed by atoms with Gasteiger partial charge in [-0.3, -0.25) is 0 Å². The summed E-state index contributed by atoms with van der Waals surface area (Å²) in [5.74, 6) is 0.0434. The van der Waals surface area contributed by atoms with E-state index in [1.807, 2.05) is 19.9 Å². The van der Waals surface area contributed by atoms with E-state index in [0.717, 1.165) is 30.7 Å². The van der Waals surface area contributed by atoms with Crippen molar-refractivity contribution >= 4 is 28.5 Å². The van der Waals surface area contributed by atoms with Crippen LogP contribution in [0.3, 0.4) is 0 Å². The largest absolute Gasteiger partial charge is 0.478 e. The van der Waals surface area contributed by atoms with Crippen LogP contribution in [0.15, 0.2) is 41.4 Å². The molecule has 0 aromatic heterocycles. The summed E-state index contributed by atoms with van der Waals surface area (Å²) in [4.78, 5) is 17.2. The van der Waals surface area contributed by atoms with E-state index in [9.17, 15) is 4.79 Å². The number of hydrogen-bond donors (Lipinski definition) is 0. The molecule has 0 bridgehead atoms. The summed E-state index contributed by atoms with van der Waals surface area (Å²) in [5, 5.41) is 0.0845. The summed E-state index contributed by atoms with van der Waals surface area (Å²) in [6.07, 6.45) is 8.80. The Morgan fingerprint density at radius 1 is 1.04 bits per heavy atom. The van der Waals surface area contributed by atoms with Gasteiger partial charge in [0.25, 0.3) is 0 Å². The second kappa shape index (κ2) is 18.6. The highest BCUT2D eigenvalue weighted by Gasteiger charge is 2.47. The fraction of sp³-hybridized carbons (Fsp3) is 0.800. The second-order valence-corrected chi connectivity index (χ2v) is 27.6. The van der Waals surface area contributed by atoms with Crippen LogP contribution in [0.25, 0.3) is 0 Å². The molecule has 0 aliphatic carbocycles. The Balaban J connectivity index is 2.16. The van der Waals surface area contributed by atoms with E-state index < -0.39 is 22.4 Å². The van der Waals surface area contributed by atoms with E-state index in [-0.39, 0.29) is 59.0 Å². The Kier molecular flexibility index (Phi) is 16.6. The van der Waals surface area contributed by atoms with E-state index in [0.29, 0.717) is 19.1 Å². The Hall–Kier alpha value is -1.61. The van der Waals surface area contributed by atoms with Gasteiger partial charge in [-0.05, 0) is 81.4 Å². The van der Waals surface area contributed by atoms with Gasteiger partial charge < -0.3 is 32.5 Å². The van der Waals surface area contributed by atoms with Gasteiger partial charge in [0.15, 0.2) is 28.3 Å². The minimum absolute atomic E-state index is 0.0327. The molecule has 0 aromatic carbocycles. The molecule has 294 valence electrons.